The molecule has 0 radical (unpaired) electrons. The van der Waals surface area contributed by atoms with E-state index in [0.717, 1.165) is 15.6 Å². The van der Waals surface area contributed by atoms with Gasteiger partial charge in [-0.25, -0.2) is 0 Å². The maximum atomic E-state index is 8.97. The van der Waals surface area contributed by atoms with Crippen LogP contribution in [0.1, 0.15) is 16.0 Å². The maximum Gasteiger partial charge on any atom is 0.110 e. The quantitative estimate of drug-likeness (QED) is 0.653. The van der Waals surface area contributed by atoms with Gasteiger partial charge in [-0.05, 0) is 23.9 Å². The van der Waals surface area contributed by atoms with Crippen LogP contribution in [0.2, 0.25) is 0 Å². The number of hydrogen-bond donors (Lipinski definition) is 0. The molecule has 2 nitrogen and oxygen atoms in total. The first-order valence-corrected chi connectivity index (χ1v) is 4.91. The number of nitriles is 2. The molecule has 0 N–H and O–H groups in total. The molecule has 0 aliphatic heterocycles. The van der Waals surface area contributed by atoms with Gasteiger partial charge in [-0.3, -0.25) is 0 Å². The Bertz CT molecular complexity index is 582. The monoisotopic (exact) mass is 198 g/mol. The van der Waals surface area contributed by atoms with Crippen LogP contribution in [0.4, 0.5) is 0 Å². The summed E-state index contributed by atoms with van der Waals surface area (Å²) in [6, 6.07) is 9.95. The minimum atomic E-state index is 0.655. The zero-order valence-corrected chi connectivity index (χ0v) is 8.35. The maximum absolute atomic E-state index is 8.97. The van der Waals surface area contributed by atoms with Crippen molar-refractivity contribution in [3.63, 3.8) is 0 Å². The Morgan fingerprint density at radius 2 is 2.00 bits per heavy atom. The van der Waals surface area contributed by atoms with E-state index in [1.165, 1.54) is 11.3 Å². The molecule has 0 aliphatic carbocycles. The Kier molecular flexibility index (Phi) is 1.96. The van der Waals surface area contributed by atoms with Gasteiger partial charge in [0.2, 0.25) is 0 Å². The van der Waals surface area contributed by atoms with Gasteiger partial charge >= 0.3 is 0 Å². The Morgan fingerprint density at radius 1 is 1.21 bits per heavy atom. The summed E-state index contributed by atoms with van der Waals surface area (Å²) in [6.45, 7) is 1.91. The van der Waals surface area contributed by atoms with Crippen LogP contribution in [-0.2, 0) is 0 Å². The first-order chi connectivity index (χ1) is 6.76. The standard InChI is InChI=1S/C11H6N2S/c1-7-2-3-8-4-9(5-12)14-11(8)10(7)6-13/h2-4H,1H3. The number of rotatable bonds is 0. The van der Waals surface area contributed by atoms with Gasteiger partial charge in [0, 0.05) is 0 Å². The van der Waals surface area contributed by atoms with Crippen LogP contribution in [0.3, 0.4) is 0 Å². The van der Waals surface area contributed by atoms with Crippen molar-refractivity contribution in [3.05, 3.63) is 34.2 Å². The van der Waals surface area contributed by atoms with Crippen LogP contribution < -0.4 is 0 Å². The molecular weight excluding hydrogens is 192 g/mol. The fourth-order valence-electron chi connectivity index (χ4n) is 1.40. The molecule has 0 saturated carbocycles. The van der Waals surface area contributed by atoms with Crippen LogP contribution in [0.5, 0.6) is 0 Å². The van der Waals surface area contributed by atoms with Gasteiger partial charge in [-0.15, -0.1) is 11.3 Å². The Labute approximate surface area is 85.6 Å². The third-order valence-electron chi connectivity index (χ3n) is 2.12. The predicted octanol–water partition coefficient (Wildman–Crippen LogP) is 2.95. The van der Waals surface area contributed by atoms with Gasteiger partial charge in [0.25, 0.3) is 0 Å². The minimum absolute atomic E-state index is 0.655. The van der Waals surface area contributed by atoms with E-state index in [-0.39, 0.29) is 0 Å². The Morgan fingerprint density at radius 3 is 2.64 bits per heavy atom. The second-order valence-electron chi connectivity index (χ2n) is 3.01. The zero-order valence-electron chi connectivity index (χ0n) is 7.53. The summed E-state index contributed by atoms with van der Waals surface area (Å²) in [5, 5.41) is 18.7. The van der Waals surface area contributed by atoms with E-state index in [4.69, 9.17) is 10.5 Å². The fourth-order valence-corrected chi connectivity index (χ4v) is 2.40. The van der Waals surface area contributed by atoms with Crippen molar-refractivity contribution >= 4 is 21.4 Å². The Hall–Kier alpha value is -1.84. The lowest BCUT2D eigenvalue weighted by Gasteiger charge is -1.96. The lowest BCUT2D eigenvalue weighted by atomic mass is 10.1. The van der Waals surface area contributed by atoms with Crippen molar-refractivity contribution < 1.29 is 0 Å². The molecule has 0 unspecified atom stereocenters. The zero-order chi connectivity index (χ0) is 10.1. The highest BCUT2D eigenvalue weighted by Crippen LogP contribution is 2.29. The molecule has 0 bridgehead atoms. The molecule has 1 heterocycles. The van der Waals surface area contributed by atoms with E-state index in [0.29, 0.717) is 10.4 Å². The molecule has 0 aliphatic rings. The molecule has 0 amide bonds. The average molecular weight is 198 g/mol. The van der Waals surface area contributed by atoms with Gasteiger partial charge in [-0.2, -0.15) is 10.5 Å². The van der Waals surface area contributed by atoms with Crippen molar-refractivity contribution in [3.8, 4) is 12.1 Å². The SMILES string of the molecule is Cc1ccc2cc(C#N)sc2c1C#N. The van der Waals surface area contributed by atoms with E-state index in [1.807, 2.05) is 25.1 Å². The molecule has 1 aromatic heterocycles. The van der Waals surface area contributed by atoms with E-state index >= 15 is 0 Å². The van der Waals surface area contributed by atoms with Crippen molar-refractivity contribution in [2.24, 2.45) is 0 Å². The van der Waals surface area contributed by atoms with Crippen molar-refractivity contribution in [2.45, 2.75) is 6.92 Å². The van der Waals surface area contributed by atoms with Crippen LogP contribution in [0.25, 0.3) is 10.1 Å². The minimum Gasteiger partial charge on any atom is -0.192 e. The summed E-state index contributed by atoms with van der Waals surface area (Å²) >= 11 is 1.38. The van der Waals surface area contributed by atoms with Crippen LogP contribution >= 0.6 is 11.3 Å². The molecule has 2 rings (SSSR count). The summed E-state index contributed by atoms with van der Waals surface area (Å²) < 4.78 is 0.920. The van der Waals surface area contributed by atoms with E-state index in [2.05, 4.69) is 12.1 Å². The predicted molar refractivity (Wildman–Crippen MR) is 56.0 cm³/mol. The second-order valence-corrected chi connectivity index (χ2v) is 4.06. The van der Waals surface area contributed by atoms with Crippen molar-refractivity contribution in [2.75, 3.05) is 0 Å². The van der Waals surface area contributed by atoms with Crippen LogP contribution in [0, 0.1) is 29.6 Å². The van der Waals surface area contributed by atoms with Gasteiger partial charge in [0.05, 0.1) is 10.3 Å². The first-order valence-electron chi connectivity index (χ1n) is 4.09. The van der Waals surface area contributed by atoms with Gasteiger partial charge in [0.1, 0.15) is 17.0 Å². The highest BCUT2D eigenvalue weighted by atomic mass is 32.1. The molecule has 14 heavy (non-hydrogen) atoms. The number of aryl methyl sites for hydroxylation is 1. The molecule has 0 atom stereocenters. The summed E-state index contributed by atoms with van der Waals surface area (Å²) in [5.41, 5.74) is 1.65. The van der Waals surface area contributed by atoms with Gasteiger partial charge in [0.15, 0.2) is 0 Å². The van der Waals surface area contributed by atoms with Crippen molar-refractivity contribution in [1.82, 2.24) is 0 Å². The van der Waals surface area contributed by atoms with E-state index < -0.39 is 0 Å². The molecule has 3 heteroatoms. The van der Waals surface area contributed by atoms with Gasteiger partial charge in [-0.1, -0.05) is 12.1 Å². The van der Waals surface area contributed by atoms with Crippen molar-refractivity contribution in [1.29, 1.82) is 10.5 Å². The summed E-state index contributed by atoms with van der Waals surface area (Å²) in [5.74, 6) is 0. The molecule has 0 saturated heterocycles. The summed E-state index contributed by atoms with van der Waals surface area (Å²) in [4.78, 5) is 0.655. The van der Waals surface area contributed by atoms with E-state index in [1.54, 1.807) is 0 Å². The largest absolute Gasteiger partial charge is 0.192 e. The topological polar surface area (TPSA) is 47.6 Å². The van der Waals surface area contributed by atoms with Crippen LogP contribution in [0.15, 0.2) is 18.2 Å². The van der Waals surface area contributed by atoms with Crippen LogP contribution in [-0.4, -0.2) is 0 Å². The molecule has 0 fully saturated rings. The molecule has 2 aromatic rings. The second kappa shape index (κ2) is 3.14. The molecule has 1 aromatic carbocycles. The molecule has 0 spiro atoms. The Balaban J connectivity index is 2.90. The summed E-state index contributed by atoms with van der Waals surface area (Å²) in [7, 11) is 0. The smallest absolute Gasteiger partial charge is 0.110 e. The summed E-state index contributed by atoms with van der Waals surface area (Å²) in [6.07, 6.45) is 0. The first kappa shape index (κ1) is 8.74. The lowest BCUT2D eigenvalue weighted by molar-refractivity contribution is 1.43. The third kappa shape index (κ3) is 1.16. The lowest BCUT2D eigenvalue weighted by Crippen LogP contribution is -1.80. The number of hydrogen-bond acceptors (Lipinski definition) is 3. The molecular formula is C11H6N2S. The highest BCUT2D eigenvalue weighted by Gasteiger charge is 2.07. The number of benzene rings is 1. The van der Waals surface area contributed by atoms with E-state index in [9.17, 15) is 0 Å². The highest BCUT2D eigenvalue weighted by molar-refractivity contribution is 7.19. The number of thiophene rings is 1. The fraction of sp³-hybridized carbons (Fsp3) is 0.0909. The average Bonchev–Trinajstić information content (AvgIpc) is 2.60. The normalized spacial score (nSPS) is 9.64. The van der Waals surface area contributed by atoms with Gasteiger partial charge < -0.3 is 0 Å². The number of nitrogens with zero attached hydrogens (tertiary/aromatic N) is 2. The third-order valence-corrected chi connectivity index (χ3v) is 3.19. The molecule has 66 valence electrons. The number of fused-ring (bicyclic) bond motifs is 1.